The van der Waals surface area contributed by atoms with E-state index in [0.29, 0.717) is 0 Å². The van der Waals surface area contributed by atoms with Crippen molar-refractivity contribution >= 4 is 33.4 Å². The van der Waals surface area contributed by atoms with E-state index < -0.39 is 0 Å². The molecule has 0 saturated carbocycles. The maximum atomic E-state index is 13.7. The summed E-state index contributed by atoms with van der Waals surface area (Å²) in [6.07, 6.45) is 1.56. The van der Waals surface area contributed by atoms with E-state index in [-0.39, 0.29) is 5.82 Å². The van der Waals surface area contributed by atoms with Crippen LogP contribution in [0.25, 0.3) is 21.9 Å². The van der Waals surface area contributed by atoms with Crippen LogP contribution in [0.5, 0.6) is 5.75 Å². The van der Waals surface area contributed by atoms with Crippen LogP contribution in [0.15, 0.2) is 48.8 Å². The van der Waals surface area contributed by atoms with Crippen LogP contribution < -0.4 is 14.5 Å². The van der Waals surface area contributed by atoms with Crippen molar-refractivity contribution in [3.63, 3.8) is 0 Å². The standard InChI is InChI=1S/C21H20FN5O/c1-28-18-5-3-2-4-17(18)26-8-10-27(11-9-26)21-20-19(23-13-24-21)15-12-14(22)6-7-16(15)25-20/h2-7,12-13,25H,8-11H2,1H3. The number of anilines is 2. The van der Waals surface area contributed by atoms with Crippen molar-refractivity contribution in [2.24, 2.45) is 0 Å². The molecular formula is C21H20FN5O. The monoisotopic (exact) mass is 377 g/mol. The van der Waals surface area contributed by atoms with Crippen LogP contribution in [0.1, 0.15) is 0 Å². The molecule has 6 nitrogen and oxygen atoms in total. The lowest BCUT2D eigenvalue weighted by molar-refractivity contribution is 0.413. The summed E-state index contributed by atoms with van der Waals surface area (Å²) in [5.74, 6) is 1.48. The fourth-order valence-electron chi connectivity index (χ4n) is 3.94. The number of hydrogen-bond acceptors (Lipinski definition) is 5. The predicted molar refractivity (Wildman–Crippen MR) is 109 cm³/mol. The zero-order valence-electron chi connectivity index (χ0n) is 15.5. The molecule has 4 aromatic rings. The predicted octanol–water partition coefficient (Wildman–Crippen LogP) is 3.59. The topological polar surface area (TPSA) is 57.3 Å². The fourth-order valence-corrected chi connectivity index (χ4v) is 3.94. The number of nitrogens with zero attached hydrogens (tertiary/aromatic N) is 4. The molecule has 0 bridgehead atoms. The number of rotatable bonds is 3. The number of para-hydroxylation sites is 2. The maximum Gasteiger partial charge on any atom is 0.156 e. The Morgan fingerprint density at radius 2 is 1.79 bits per heavy atom. The number of H-pyrrole nitrogens is 1. The highest BCUT2D eigenvalue weighted by Gasteiger charge is 2.23. The molecule has 0 unspecified atom stereocenters. The summed E-state index contributed by atoms with van der Waals surface area (Å²) in [6, 6.07) is 12.8. The second kappa shape index (κ2) is 6.67. The van der Waals surface area contributed by atoms with Gasteiger partial charge < -0.3 is 19.5 Å². The Bertz CT molecular complexity index is 1150. The molecule has 0 atom stereocenters. The van der Waals surface area contributed by atoms with E-state index in [4.69, 9.17) is 4.74 Å². The van der Waals surface area contributed by atoms with Crippen molar-refractivity contribution in [3.05, 3.63) is 54.6 Å². The van der Waals surface area contributed by atoms with E-state index >= 15 is 0 Å². The van der Waals surface area contributed by atoms with Crippen LogP contribution in [0.2, 0.25) is 0 Å². The zero-order valence-corrected chi connectivity index (χ0v) is 15.5. The van der Waals surface area contributed by atoms with Gasteiger partial charge in [-0.05, 0) is 30.3 Å². The van der Waals surface area contributed by atoms with Gasteiger partial charge in [0.2, 0.25) is 0 Å². The highest BCUT2D eigenvalue weighted by molar-refractivity contribution is 6.08. The Labute approximate surface area is 161 Å². The first-order valence-electron chi connectivity index (χ1n) is 9.29. The summed E-state index contributed by atoms with van der Waals surface area (Å²) in [4.78, 5) is 16.9. The summed E-state index contributed by atoms with van der Waals surface area (Å²) < 4.78 is 19.2. The van der Waals surface area contributed by atoms with Gasteiger partial charge in [0.25, 0.3) is 0 Å². The normalized spacial score (nSPS) is 14.8. The molecule has 0 spiro atoms. The number of piperazine rings is 1. The number of fused-ring (bicyclic) bond motifs is 3. The molecule has 142 valence electrons. The van der Waals surface area contributed by atoms with E-state index in [1.807, 2.05) is 18.2 Å². The number of halogens is 1. The van der Waals surface area contributed by atoms with Gasteiger partial charge in [0.1, 0.15) is 28.9 Å². The molecule has 2 aromatic heterocycles. The number of benzene rings is 2. The summed E-state index contributed by atoms with van der Waals surface area (Å²) in [6.45, 7) is 3.38. The second-order valence-corrected chi connectivity index (χ2v) is 6.88. The van der Waals surface area contributed by atoms with Crippen LogP contribution in [0, 0.1) is 5.82 Å². The second-order valence-electron chi connectivity index (χ2n) is 6.88. The Morgan fingerprint density at radius 1 is 1.00 bits per heavy atom. The molecule has 0 radical (unpaired) electrons. The number of aromatic amines is 1. The molecule has 3 heterocycles. The van der Waals surface area contributed by atoms with E-state index in [9.17, 15) is 4.39 Å². The minimum Gasteiger partial charge on any atom is -0.495 e. The van der Waals surface area contributed by atoms with Crippen molar-refractivity contribution in [3.8, 4) is 5.75 Å². The van der Waals surface area contributed by atoms with Gasteiger partial charge in [0.05, 0.1) is 12.8 Å². The molecule has 1 aliphatic rings. The first-order chi connectivity index (χ1) is 13.7. The van der Waals surface area contributed by atoms with Crippen molar-refractivity contribution in [1.82, 2.24) is 15.0 Å². The van der Waals surface area contributed by atoms with Crippen LogP contribution in [0.3, 0.4) is 0 Å². The van der Waals surface area contributed by atoms with Gasteiger partial charge in [-0.15, -0.1) is 0 Å². The van der Waals surface area contributed by atoms with Crippen molar-refractivity contribution in [2.45, 2.75) is 0 Å². The average molecular weight is 377 g/mol. The highest BCUT2D eigenvalue weighted by atomic mass is 19.1. The first-order valence-corrected chi connectivity index (χ1v) is 9.29. The third-order valence-electron chi connectivity index (χ3n) is 5.33. The molecule has 28 heavy (non-hydrogen) atoms. The number of aromatic nitrogens is 3. The van der Waals surface area contributed by atoms with E-state index in [1.165, 1.54) is 12.1 Å². The van der Waals surface area contributed by atoms with Gasteiger partial charge in [-0.1, -0.05) is 12.1 Å². The fraction of sp³-hybridized carbons (Fsp3) is 0.238. The molecule has 2 aromatic carbocycles. The number of methoxy groups -OCH3 is 1. The smallest absolute Gasteiger partial charge is 0.156 e. The number of hydrogen-bond donors (Lipinski definition) is 1. The van der Waals surface area contributed by atoms with Crippen LogP contribution >= 0.6 is 0 Å². The largest absolute Gasteiger partial charge is 0.495 e. The summed E-state index contributed by atoms with van der Waals surface area (Å²) in [5, 5.41) is 0.784. The van der Waals surface area contributed by atoms with Crippen molar-refractivity contribution in [2.75, 3.05) is 43.1 Å². The molecule has 1 saturated heterocycles. The Balaban J connectivity index is 1.45. The quantitative estimate of drug-likeness (QED) is 0.591. The molecule has 1 fully saturated rings. The minimum atomic E-state index is -0.265. The summed E-state index contributed by atoms with van der Waals surface area (Å²) in [7, 11) is 1.70. The number of nitrogens with one attached hydrogen (secondary N) is 1. The Kier molecular flexibility index (Phi) is 4.00. The van der Waals surface area contributed by atoms with Gasteiger partial charge >= 0.3 is 0 Å². The highest BCUT2D eigenvalue weighted by Crippen LogP contribution is 2.32. The van der Waals surface area contributed by atoms with E-state index in [1.54, 1.807) is 19.5 Å². The minimum absolute atomic E-state index is 0.265. The lowest BCUT2D eigenvalue weighted by Gasteiger charge is -2.37. The van der Waals surface area contributed by atoms with Crippen molar-refractivity contribution in [1.29, 1.82) is 0 Å². The molecule has 0 aliphatic carbocycles. The SMILES string of the molecule is COc1ccccc1N1CCN(c2ncnc3c2[nH]c2ccc(F)cc23)CC1. The van der Waals surface area contributed by atoms with Crippen molar-refractivity contribution < 1.29 is 9.13 Å². The summed E-state index contributed by atoms with van der Waals surface area (Å²) in [5.41, 5.74) is 3.59. The lowest BCUT2D eigenvalue weighted by atomic mass is 10.2. The van der Waals surface area contributed by atoms with Gasteiger partial charge in [-0.25, -0.2) is 14.4 Å². The third-order valence-corrected chi connectivity index (χ3v) is 5.33. The zero-order chi connectivity index (χ0) is 19.1. The molecule has 1 aliphatic heterocycles. The van der Waals surface area contributed by atoms with Gasteiger partial charge in [0, 0.05) is 37.1 Å². The van der Waals surface area contributed by atoms with Crippen LogP contribution in [-0.4, -0.2) is 48.2 Å². The molecular weight excluding hydrogens is 357 g/mol. The first kappa shape index (κ1) is 16.8. The van der Waals surface area contributed by atoms with Crippen LogP contribution in [0.4, 0.5) is 15.9 Å². The Morgan fingerprint density at radius 3 is 2.61 bits per heavy atom. The van der Waals surface area contributed by atoms with E-state index in [0.717, 1.165) is 65.4 Å². The van der Waals surface area contributed by atoms with Gasteiger partial charge in [0.15, 0.2) is 5.82 Å². The van der Waals surface area contributed by atoms with Gasteiger partial charge in [-0.2, -0.15) is 0 Å². The third kappa shape index (κ3) is 2.70. The summed E-state index contributed by atoms with van der Waals surface area (Å²) >= 11 is 0. The van der Waals surface area contributed by atoms with Crippen LogP contribution in [-0.2, 0) is 0 Å². The maximum absolute atomic E-state index is 13.7. The number of ether oxygens (including phenoxy) is 1. The lowest BCUT2D eigenvalue weighted by Crippen LogP contribution is -2.47. The Hall–Kier alpha value is -3.35. The average Bonchev–Trinajstić information content (AvgIpc) is 3.12. The molecule has 0 amide bonds. The van der Waals surface area contributed by atoms with E-state index in [2.05, 4.69) is 30.8 Å². The van der Waals surface area contributed by atoms with Gasteiger partial charge in [-0.3, -0.25) is 0 Å². The molecule has 7 heteroatoms. The molecule has 1 N–H and O–H groups in total. The molecule has 5 rings (SSSR count).